The number of rotatable bonds is 3. The van der Waals surface area contributed by atoms with Gasteiger partial charge in [0.05, 0.1) is 11.8 Å². The van der Waals surface area contributed by atoms with Gasteiger partial charge in [0.1, 0.15) is 0 Å². The summed E-state index contributed by atoms with van der Waals surface area (Å²) >= 11 is 6.17. The van der Waals surface area contributed by atoms with Crippen LogP contribution in [-0.4, -0.2) is 7.05 Å². The highest BCUT2D eigenvalue weighted by molar-refractivity contribution is 6.33. The quantitative estimate of drug-likeness (QED) is 0.851. The fraction of sp³-hybridized carbons (Fsp3) is 0.0625. The number of halogens is 1. The van der Waals surface area contributed by atoms with Crippen LogP contribution in [0.3, 0.4) is 0 Å². The minimum absolute atomic E-state index is 0.733. The Morgan fingerprint density at radius 2 is 1.84 bits per heavy atom. The van der Waals surface area contributed by atoms with Gasteiger partial charge in [-0.3, -0.25) is 0 Å². The highest BCUT2D eigenvalue weighted by Crippen LogP contribution is 2.28. The molecule has 1 N–H and O–H groups in total. The molecule has 0 unspecified atom stereocenters. The van der Waals surface area contributed by atoms with Crippen molar-refractivity contribution in [3.8, 4) is 17.2 Å². The van der Waals surface area contributed by atoms with Crippen molar-refractivity contribution in [2.45, 2.75) is 0 Å². The number of nitriles is 1. The molecule has 2 nitrogen and oxygen atoms in total. The maximum absolute atomic E-state index is 8.71. The average molecular weight is 269 g/mol. The van der Waals surface area contributed by atoms with E-state index in [-0.39, 0.29) is 0 Å². The van der Waals surface area contributed by atoms with E-state index in [0.29, 0.717) is 0 Å². The van der Waals surface area contributed by atoms with Crippen molar-refractivity contribution >= 4 is 17.3 Å². The zero-order valence-corrected chi connectivity index (χ0v) is 11.3. The predicted molar refractivity (Wildman–Crippen MR) is 79.5 cm³/mol. The van der Waals surface area contributed by atoms with Crippen LogP contribution >= 0.6 is 11.6 Å². The van der Waals surface area contributed by atoms with Crippen molar-refractivity contribution in [2.75, 3.05) is 7.05 Å². The number of hydrogen-bond acceptors (Lipinski definition) is 2. The molecular formula is C16H13ClN2. The molecule has 0 saturated carbocycles. The lowest BCUT2D eigenvalue weighted by Gasteiger charge is -2.08. The van der Waals surface area contributed by atoms with Crippen LogP contribution in [0, 0.1) is 11.3 Å². The zero-order valence-electron chi connectivity index (χ0n) is 10.5. The lowest BCUT2D eigenvalue weighted by Crippen LogP contribution is -2.04. The predicted octanol–water partition coefficient (Wildman–Crippen LogP) is 4.09. The number of benzene rings is 2. The van der Waals surface area contributed by atoms with Crippen molar-refractivity contribution in [1.82, 2.24) is 5.32 Å². The maximum atomic E-state index is 8.71. The van der Waals surface area contributed by atoms with Crippen LogP contribution in [0.4, 0.5) is 0 Å². The van der Waals surface area contributed by atoms with Crippen LogP contribution in [0.15, 0.2) is 54.6 Å². The molecule has 3 heteroatoms. The number of nitrogens with zero attached hydrogens (tertiary/aromatic N) is 1. The Hall–Kier alpha value is -2.24. The summed E-state index contributed by atoms with van der Waals surface area (Å²) in [6.07, 6.45) is 1.49. The first kappa shape index (κ1) is 13.2. The van der Waals surface area contributed by atoms with E-state index in [1.807, 2.05) is 54.6 Å². The highest BCUT2D eigenvalue weighted by atomic mass is 35.5. The van der Waals surface area contributed by atoms with Crippen LogP contribution in [-0.2, 0) is 0 Å². The normalized spacial score (nSPS) is 10.9. The molecule has 2 aromatic rings. The van der Waals surface area contributed by atoms with Gasteiger partial charge in [-0.25, -0.2) is 0 Å². The van der Waals surface area contributed by atoms with E-state index in [0.717, 1.165) is 27.4 Å². The fourth-order valence-electron chi connectivity index (χ4n) is 1.89. The fourth-order valence-corrected chi connectivity index (χ4v) is 2.13. The molecule has 0 amide bonds. The first-order valence-electron chi connectivity index (χ1n) is 5.89. The van der Waals surface area contributed by atoms with Gasteiger partial charge >= 0.3 is 0 Å². The van der Waals surface area contributed by atoms with Gasteiger partial charge in [0.25, 0.3) is 0 Å². The Bertz CT molecular complexity index is 637. The molecule has 0 spiro atoms. The molecule has 94 valence electrons. The summed E-state index contributed by atoms with van der Waals surface area (Å²) in [5.41, 5.74) is 3.83. The van der Waals surface area contributed by atoms with E-state index in [1.54, 1.807) is 7.05 Å². The molecule has 0 saturated heterocycles. The molecule has 0 aliphatic rings. The molecule has 0 fully saturated rings. The lowest BCUT2D eigenvalue weighted by molar-refractivity contribution is 1.13. The Kier molecular flexibility index (Phi) is 4.22. The molecule has 19 heavy (non-hydrogen) atoms. The second-order valence-corrected chi connectivity index (χ2v) is 4.40. The van der Waals surface area contributed by atoms with Crippen molar-refractivity contribution < 1.29 is 0 Å². The maximum Gasteiger partial charge on any atom is 0.0933 e. The van der Waals surface area contributed by atoms with Crippen molar-refractivity contribution in [3.63, 3.8) is 0 Å². The second-order valence-electron chi connectivity index (χ2n) is 3.99. The van der Waals surface area contributed by atoms with Crippen molar-refractivity contribution in [3.05, 3.63) is 65.2 Å². The smallest absolute Gasteiger partial charge is 0.0933 e. The number of nitrogens with one attached hydrogen (secondary N) is 1. The third-order valence-corrected chi connectivity index (χ3v) is 3.19. The highest BCUT2D eigenvalue weighted by Gasteiger charge is 2.04. The third kappa shape index (κ3) is 2.96. The largest absolute Gasteiger partial charge is 0.387 e. The van der Waals surface area contributed by atoms with Gasteiger partial charge in [0, 0.05) is 23.7 Å². The van der Waals surface area contributed by atoms with Gasteiger partial charge in [0.2, 0.25) is 0 Å². The van der Waals surface area contributed by atoms with E-state index in [2.05, 4.69) is 5.32 Å². The standard InChI is InChI=1S/C16H13ClN2/c1-19-16(10-11-18)13-8-6-12(7-9-13)14-4-2-3-5-15(14)17/h2-10,19H,1H3/b16-10-. The Balaban J connectivity index is 2.37. The van der Waals surface area contributed by atoms with Crippen LogP contribution in [0.1, 0.15) is 5.56 Å². The minimum atomic E-state index is 0.733. The molecule has 0 atom stereocenters. The Morgan fingerprint density at radius 1 is 1.16 bits per heavy atom. The van der Waals surface area contributed by atoms with Gasteiger partial charge in [-0.2, -0.15) is 5.26 Å². The SMILES string of the molecule is CN/C(=C\C#N)c1ccc(-c2ccccc2Cl)cc1. The summed E-state index contributed by atoms with van der Waals surface area (Å²) in [6, 6.07) is 17.7. The number of hydrogen-bond donors (Lipinski definition) is 1. The van der Waals surface area contributed by atoms with Crippen LogP contribution in [0.25, 0.3) is 16.8 Å². The van der Waals surface area contributed by atoms with Gasteiger partial charge in [-0.05, 0) is 17.2 Å². The molecular weight excluding hydrogens is 256 g/mol. The summed E-state index contributed by atoms with van der Waals surface area (Å²) in [5, 5.41) is 12.4. The van der Waals surface area contributed by atoms with Gasteiger partial charge in [0.15, 0.2) is 0 Å². The average Bonchev–Trinajstić information content (AvgIpc) is 2.46. The summed E-state index contributed by atoms with van der Waals surface area (Å²) in [7, 11) is 1.80. The zero-order chi connectivity index (χ0) is 13.7. The first-order valence-corrected chi connectivity index (χ1v) is 6.27. The van der Waals surface area contributed by atoms with E-state index in [4.69, 9.17) is 16.9 Å². The first-order chi connectivity index (χ1) is 9.26. The molecule has 0 heterocycles. The topological polar surface area (TPSA) is 35.8 Å². The van der Waals surface area contributed by atoms with E-state index in [1.165, 1.54) is 6.08 Å². The van der Waals surface area contributed by atoms with Crippen LogP contribution in [0.2, 0.25) is 5.02 Å². The Morgan fingerprint density at radius 3 is 2.42 bits per heavy atom. The summed E-state index contributed by atoms with van der Waals surface area (Å²) in [4.78, 5) is 0. The molecule has 2 aromatic carbocycles. The van der Waals surface area contributed by atoms with Gasteiger partial charge in [-0.1, -0.05) is 54.1 Å². The van der Waals surface area contributed by atoms with E-state index in [9.17, 15) is 0 Å². The molecule has 0 bridgehead atoms. The van der Waals surface area contributed by atoms with Crippen LogP contribution in [0.5, 0.6) is 0 Å². The summed E-state index contributed by atoms with van der Waals surface area (Å²) < 4.78 is 0. The van der Waals surface area contributed by atoms with Crippen molar-refractivity contribution in [2.24, 2.45) is 0 Å². The van der Waals surface area contributed by atoms with Crippen molar-refractivity contribution in [1.29, 1.82) is 5.26 Å². The van der Waals surface area contributed by atoms with Gasteiger partial charge < -0.3 is 5.32 Å². The van der Waals surface area contributed by atoms with E-state index >= 15 is 0 Å². The third-order valence-electron chi connectivity index (χ3n) is 2.86. The molecule has 0 aliphatic carbocycles. The Labute approximate surface area is 118 Å². The molecule has 0 aromatic heterocycles. The second kappa shape index (κ2) is 6.08. The molecule has 0 aliphatic heterocycles. The summed E-state index contributed by atoms with van der Waals surface area (Å²) in [6.45, 7) is 0. The summed E-state index contributed by atoms with van der Waals surface area (Å²) in [5.74, 6) is 0. The minimum Gasteiger partial charge on any atom is -0.387 e. The monoisotopic (exact) mass is 268 g/mol. The molecule has 2 rings (SSSR count). The van der Waals surface area contributed by atoms with Gasteiger partial charge in [-0.15, -0.1) is 0 Å². The molecule has 0 radical (unpaired) electrons. The lowest BCUT2D eigenvalue weighted by atomic mass is 10.0. The van der Waals surface area contributed by atoms with Crippen LogP contribution < -0.4 is 5.32 Å². The number of allylic oxidation sites excluding steroid dienone is 1. The van der Waals surface area contributed by atoms with E-state index < -0.39 is 0 Å².